The van der Waals surface area contributed by atoms with Crippen molar-refractivity contribution in [3.8, 4) is 0 Å². The van der Waals surface area contributed by atoms with Gasteiger partial charge in [0.1, 0.15) is 0 Å². The maximum Gasteiger partial charge on any atom is 0.270 e. The molecule has 0 aliphatic rings. The highest BCUT2D eigenvalue weighted by atomic mass is 35.5. The molecule has 0 fully saturated rings. The second-order valence-electron chi connectivity index (χ2n) is 4.53. The van der Waals surface area contributed by atoms with Crippen LogP contribution in [0.4, 0.5) is 5.69 Å². The average molecular weight is 273 g/mol. The Hall–Kier alpha value is -1.17. The van der Waals surface area contributed by atoms with E-state index in [4.69, 9.17) is 22.1 Å². The smallest absolute Gasteiger partial charge is 0.270 e. The number of nitrogens with zero attached hydrogens (tertiary/aromatic N) is 1. The van der Waals surface area contributed by atoms with E-state index >= 15 is 0 Å². The van der Waals surface area contributed by atoms with Crippen LogP contribution >= 0.6 is 11.6 Å². The van der Waals surface area contributed by atoms with E-state index in [1.54, 1.807) is 6.07 Å². The second-order valence-corrected chi connectivity index (χ2v) is 4.94. The lowest BCUT2D eigenvalue weighted by molar-refractivity contribution is -0.384. The van der Waals surface area contributed by atoms with Crippen molar-refractivity contribution in [3.63, 3.8) is 0 Å². The number of hydrogen-bond donors (Lipinski definition) is 1. The lowest BCUT2D eigenvalue weighted by Gasteiger charge is -2.22. The van der Waals surface area contributed by atoms with E-state index < -0.39 is 4.92 Å². The molecule has 0 aromatic heterocycles. The van der Waals surface area contributed by atoms with Crippen LogP contribution in [0.15, 0.2) is 18.2 Å². The minimum atomic E-state index is -0.482. The first kappa shape index (κ1) is 14.9. The highest BCUT2D eigenvalue weighted by Crippen LogP contribution is 2.23. The van der Waals surface area contributed by atoms with Crippen LogP contribution in [0.1, 0.15) is 25.8 Å². The van der Waals surface area contributed by atoms with Gasteiger partial charge in [-0.25, -0.2) is 0 Å². The summed E-state index contributed by atoms with van der Waals surface area (Å²) in [5.41, 5.74) is 6.26. The van der Waals surface area contributed by atoms with Gasteiger partial charge in [0.2, 0.25) is 0 Å². The zero-order chi connectivity index (χ0) is 13.8. The van der Waals surface area contributed by atoms with Crippen LogP contribution in [0.25, 0.3) is 0 Å². The second kappa shape index (κ2) is 6.13. The SMILES string of the molecule is CCC(C)(N)COCc1ccc([N+](=O)[O-])cc1Cl. The van der Waals surface area contributed by atoms with Crippen LogP contribution in [-0.2, 0) is 11.3 Å². The van der Waals surface area contributed by atoms with Gasteiger partial charge in [0.05, 0.1) is 23.2 Å². The predicted molar refractivity (Wildman–Crippen MR) is 70.6 cm³/mol. The van der Waals surface area contributed by atoms with Crippen molar-refractivity contribution in [2.24, 2.45) is 5.73 Å². The molecule has 0 bridgehead atoms. The molecule has 0 spiro atoms. The highest BCUT2D eigenvalue weighted by molar-refractivity contribution is 6.31. The molecule has 0 saturated carbocycles. The Bertz CT molecular complexity index is 435. The van der Waals surface area contributed by atoms with Crippen LogP contribution in [-0.4, -0.2) is 17.1 Å². The molecule has 0 aliphatic carbocycles. The van der Waals surface area contributed by atoms with Crippen molar-refractivity contribution in [1.82, 2.24) is 0 Å². The van der Waals surface area contributed by atoms with Gasteiger partial charge in [0.25, 0.3) is 5.69 Å². The molecule has 0 radical (unpaired) electrons. The van der Waals surface area contributed by atoms with E-state index in [1.165, 1.54) is 12.1 Å². The van der Waals surface area contributed by atoms with Crippen molar-refractivity contribution < 1.29 is 9.66 Å². The third-order valence-corrected chi connectivity index (χ3v) is 3.10. The molecule has 1 atom stereocenters. The molecule has 1 aromatic carbocycles. The standard InChI is InChI=1S/C12H17ClN2O3/c1-3-12(2,14)8-18-7-9-4-5-10(15(16)17)6-11(9)13/h4-6H,3,7-8,14H2,1-2H3. The van der Waals surface area contributed by atoms with Crippen molar-refractivity contribution in [2.45, 2.75) is 32.4 Å². The summed E-state index contributed by atoms with van der Waals surface area (Å²) in [4.78, 5) is 10.1. The van der Waals surface area contributed by atoms with E-state index in [0.29, 0.717) is 23.8 Å². The number of benzene rings is 1. The molecule has 2 N–H and O–H groups in total. The summed E-state index contributed by atoms with van der Waals surface area (Å²) in [6, 6.07) is 4.33. The molecule has 1 aromatic rings. The largest absolute Gasteiger partial charge is 0.375 e. The van der Waals surface area contributed by atoms with Gasteiger partial charge < -0.3 is 10.5 Å². The molecule has 0 aliphatic heterocycles. The lowest BCUT2D eigenvalue weighted by atomic mass is 10.0. The van der Waals surface area contributed by atoms with Crippen LogP contribution in [0.3, 0.4) is 0 Å². The number of halogens is 1. The third kappa shape index (κ3) is 4.25. The Labute approximate surface area is 111 Å². The number of rotatable bonds is 6. The molecule has 18 heavy (non-hydrogen) atoms. The van der Waals surface area contributed by atoms with Crippen LogP contribution in [0.5, 0.6) is 0 Å². The van der Waals surface area contributed by atoms with Gasteiger partial charge in [-0.2, -0.15) is 0 Å². The Balaban J connectivity index is 2.61. The predicted octanol–water partition coefficient (Wildman–Crippen LogP) is 2.89. The molecule has 6 heteroatoms. The molecule has 1 rings (SSSR count). The summed E-state index contributed by atoms with van der Waals surface area (Å²) in [5.74, 6) is 0. The topological polar surface area (TPSA) is 78.4 Å². The van der Waals surface area contributed by atoms with Crippen molar-refractivity contribution >= 4 is 17.3 Å². The quantitative estimate of drug-likeness (QED) is 0.638. The average Bonchev–Trinajstić information content (AvgIpc) is 2.31. The van der Waals surface area contributed by atoms with Crippen molar-refractivity contribution in [1.29, 1.82) is 0 Å². The molecule has 0 amide bonds. The molecular formula is C12H17ClN2O3. The van der Waals surface area contributed by atoms with Crippen LogP contribution in [0, 0.1) is 10.1 Å². The van der Waals surface area contributed by atoms with E-state index in [9.17, 15) is 10.1 Å². The fraction of sp³-hybridized carbons (Fsp3) is 0.500. The first-order valence-corrected chi connectivity index (χ1v) is 6.03. The van der Waals surface area contributed by atoms with Crippen molar-refractivity contribution in [2.75, 3.05) is 6.61 Å². The molecular weight excluding hydrogens is 256 g/mol. The summed E-state index contributed by atoms with van der Waals surface area (Å²) < 4.78 is 5.48. The molecule has 0 saturated heterocycles. The first-order valence-electron chi connectivity index (χ1n) is 5.65. The number of nitro groups is 1. The number of non-ortho nitro benzene ring substituents is 1. The maximum absolute atomic E-state index is 10.5. The van der Waals surface area contributed by atoms with E-state index in [1.807, 2.05) is 13.8 Å². The van der Waals surface area contributed by atoms with Crippen molar-refractivity contribution in [3.05, 3.63) is 38.9 Å². The number of ether oxygens (including phenoxy) is 1. The Morgan fingerprint density at radius 3 is 2.72 bits per heavy atom. The van der Waals surface area contributed by atoms with Gasteiger partial charge in [0.15, 0.2) is 0 Å². The minimum Gasteiger partial charge on any atom is -0.375 e. The summed E-state index contributed by atoms with van der Waals surface area (Å²) in [6.07, 6.45) is 0.807. The number of nitrogens with two attached hydrogens (primary N) is 1. The minimum absolute atomic E-state index is 0.0269. The molecule has 0 heterocycles. The summed E-state index contributed by atoms with van der Waals surface area (Å²) in [7, 11) is 0. The molecule has 5 nitrogen and oxygen atoms in total. The monoisotopic (exact) mass is 272 g/mol. The summed E-state index contributed by atoms with van der Waals surface area (Å²) in [5, 5.41) is 10.9. The lowest BCUT2D eigenvalue weighted by Crippen LogP contribution is -2.40. The van der Waals surface area contributed by atoms with Gasteiger partial charge in [0, 0.05) is 17.7 Å². The molecule has 100 valence electrons. The van der Waals surface area contributed by atoms with Gasteiger partial charge in [-0.15, -0.1) is 0 Å². The molecule has 1 unspecified atom stereocenters. The Morgan fingerprint density at radius 1 is 1.56 bits per heavy atom. The Morgan fingerprint density at radius 2 is 2.22 bits per heavy atom. The number of nitro benzene ring substituents is 1. The van der Waals surface area contributed by atoms with Gasteiger partial charge in [-0.1, -0.05) is 18.5 Å². The van der Waals surface area contributed by atoms with E-state index in [0.717, 1.165) is 6.42 Å². The third-order valence-electron chi connectivity index (χ3n) is 2.74. The van der Waals surface area contributed by atoms with Gasteiger partial charge in [-0.3, -0.25) is 10.1 Å². The zero-order valence-corrected chi connectivity index (χ0v) is 11.2. The highest BCUT2D eigenvalue weighted by Gasteiger charge is 2.16. The Kier molecular flexibility index (Phi) is 5.07. The fourth-order valence-electron chi connectivity index (χ4n) is 1.26. The van der Waals surface area contributed by atoms with Crippen LogP contribution in [0.2, 0.25) is 5.02 Å². The normalized spacial score (nSPS) is 14.2. The summed E-state index contributed by atoms with van der Waals surface area (Å²) in [6.45, 7) is 4.60. The fourth-order valence-corrected chi connectivity index (χ4v) is 1.49. The zero-order valence-electron chi connectivity index (χ0n) is 10.5. The number of hydrogen-bond acceptors (Lipinski definition) is 4. The first-order chi connectivity index (χ1) is 8.35. The van der Waals surface area contributed by atoms with E-state index in [-0.39, 0.29) is 11.2 Å². The van der Waals surface area contributed by atoms with E-state index in [2.05, 4.69) is 0 Å². The maximum atomic E-state index is 10.5. The van der Waals surface area contributed by atoms with Gasteiger partial charge >= 0.3 is 0 Å². The van der Waals surface area contributed by atoms with Crippen LogP contribution < -0.4 is 5.73 Å². The van der Waals surface area contributed by atoms with Gasteiger partial charge in [-0.05, 0) is 25.0 Å². The summed E-state index contributed by atoms with van der Waals surface area (Å²) >= 11 is 5.94.